The van der Waals surface area contributed by atoms with E-state index in [2.05, 4.69) is 15.5 Å². The second kappa shape index (κ2) is 4.64. The number of fused-ring (bicyclic) bond motifs is 1. The van der Waals surface area contributed by atoms with Gasteiger partial charge in [-0.05, 0) is 13.0 Å². The van der Waals surface area contributed by atoms with E-state index in [1.807, 2.05) is 0 Å². The lowest BCUT2D eigenvalue weighted by Crippen LogP contribution is -2.11. The molecule has 0 radical (unpaired) electrons. The molecule has 8 heteroatoms. The Bertz CT molecular complexity index is 773. The summed E-state index contributed by atoms with van der Waals surface area (Å²) in [6, 6.07) is 3.50. The summed E-state index contributed by atoms with van der Waals surface area (Å²) in [6.07, 6.45) is 0. The number of carbonyl (C=O) groups is 1. The van der Waals surface area contributed by atoms with Gasteiger partial charge in [-0.3, -0.25) is 10.1 Å². The third kappa shape index (κ3) is 2.25. The third-order valence-electron chi connectivity index (χ3n) is 2.51. The Morgan fingerprint density at radius 3 is 2.75 bits per heavy atom. The van der Waals surface area contributed by atoms with Crippen LogP contribution < -0.4 is 5.32 Å². The maximum Gasteiger partial charge on any atom is 0.279 e. The molecular weight excluding hydrogens is 288 g/mol. The van der Waals surface area contributed by atoms with Crippen LogP contribution in [0.2, 0.25) is 0 Å². The van der Waals surface area contributed by atoms with Gasteiger partial charge in [0.15, 0.2) is 22.5 Å². The number of aryl methyl sites for hydroxylation is 1. The zero-order chi connectivity index (χ0) is 14.3. The normalized spacial score (nSPS) is 10.9. The van der Waals surface area contributed by atoms with Gasteiger partial charge in [0.25, 0.3) is 5.91 Å². The van der Waals surface area contributed by atoms with E-state index in [1.165, 1.54) is 6.07 Å². The van der Waals surface area contributed by atoms with Gasteiger partial charge >= 0.3 is 0 Å². The number of rotatable bonds is 2. The summed E-state index contributed by atoms with van der Waals surface area (Å²) in [7, 11) is 0. The average Bonchev–Trinajstić information content (AvgIpc) is 2.96. The van der Waals surface area contributed by atoms with Gasteiger partial charge in [0.1, 0.15) is 5.76 Å². The summed E-state index contributed by atoms with van der Waals surface area (Å²) < 4.78 is 31.4. The first-order valence-corrected chi connectivity index (χ1v) is 6.35. The molecule has 0 saturated carbocycles. The lowest BCUT2D eigenvalue weighted by Gasteiger charge is -1.95. The predicted molar refractivity (Wildman–Crippen MR) is 68.7 cm³/mol. The number of carbonyl (C=O) groups excluding carboxylic acids is 1. The second-order valence-corrected chi connectivity index (χ2v) is 5.06. The summed E-state index contributed by atoms with van der Waals surface area (Å²) in [6.45, 7) is 1.66. The first-order valence-electron chi connectivity index (χ1n) is 5.53. The highest BCUT2D eigenvalue weighted by Gasteiger charge is 2.14. The third-order valence-corrected chi connectivity index (χ3v) is 3.45. The van der Waals surface area contributed by atoms with Gasteiger partial charge < -0.3 is 4.52 Å². The van der Waals surface area contributed by atoms with Crippen LogP contribution in [-0.4, -0.2) is 16.0 Å². The molecule has 5 nitrogen and oxygen atoms in total. The van der Waals surface area contributed by atoms with Crippen molar-refractivity contribution in [1.82, 2.24) is 10.1 Å². The molecule has 0 atom stereocenters. The number of nitrogens with one attached hydrogen (secondary N) is 1. The number of amides is 1. The van der Waals surface area contributed by atoms with Crippen LogP contribution in [0.3, 0.4) is 0 Å². The number of halogens is 2. The molecular formula is C12H7F2N3O2S. The Labute approximate surface area is 115 Å². The fourth-order valence-electron chi connectivity index (χ4n) is 1.61. The van der Waals surface area contributed by atoms with Crippen molar-refractivity contribution in [3.05, 3.63) is 41.3 Å². The van der Waals surface area contributed by atoms with Crippen molar-refractivity contribution in [3.63, 3.8) is 0 Å². The van der Waals surface area contributed by atoms with Crippen LogP contribution in [-0.2, 0) is 0 Å². The lowest BCUT2D eigenvalue weighted by atomic mass is 10.3. The Balaban J connectivity index is 1.89. The zero-order valence-corrected chi connectivity index (χ0v) is 10.9. The summed E-state index contributed by atoms with van der Waals surface area (Å²) in [5.41, 5.74) is 0.389. The van der Waals surface area contributed by atoms with E-state index >= 15 is 0 Å². The Kier molecular flexibility index (Phi) is 2.94. The molecule has 3 aromatic rings. The molecule has 102 valence electrons. The molecule has 3 rings (SSSR count). The standard InChI is InChI=1S/C12H7F2N3O2S/c1-5-2-9(17-19-5)11(18)16-12-15-8-3-6(13)7(14)4-10(8)20-12/h2-4H,1H3,(H,15,16,18). The first kappa shape index (κ1) is 12.7. The Hall–Kier alpha value is -2.35. The van der Waals surface area contributed by atoms with Crippen LogP contribution in [0, 0.1) is 18.6 Å². The molecule has 1 aromatic carbocycles. The molecule has 1 amide bonds. The molecule has 0 spiro atoms. The van der Waals surface area contributed by atoms with Crippen molar-refractivity contribution < 1.29 is 18.1 Å². The molecule has 0 bridgehead atoms. The molecule has 0 fully saturated rings. The van der Waals surface area contributed by atoms with Crippen molar-refractivity contribution in [2.75, 3.05) is 5.32 Å². The van der Waals surface area contributed by atoms with Crippen LogP contribution in [0.25, 0.3) is 10.2 Å². The number of aromatic nitrogens is 2. The van der Waals surface area contributed by atoms with Gasteiger partial charge in [0, 0.05) is 12.1 Å². The van der Waals surface area contributed by atoms with Crippen molar-refractivity contribution in [2.45, 2.75) is 6.92 Å². The van der Waals surface area contributed by atoms with E-state index in [0.717, 1.165) is 23.5 Å². The minimum absolute atomic E-state index is 0.110. The van der Waals surface area contributed by atoms with E-state index < -0.39 is 17.5 Å². The highest BCUT2D eigenvalue weighted by molar-refractivity contribution is 7.22. The maximum absolute atomic E-state index is 13.1. The largest absolute Gasteiger partial charge is 0.361 e. The van der Waals surface area contributed by atoms with E-state index in [1.54, 1.807) is 6.92 Å². The fourth-order valence-corrected chi connectivity index (χ4v) is 2.48. The second-order valence-electron chi connectivity index (χ2n) is 4.03. The number of hydrogen-bond acceptors (Lipinski definition) is 5. The minimum atomic E-state index is -0.979. The van der Waals surface area contributed by atoms with Crippen LogP contribution in [0.5, 0.6) is 0 Å². The summed E-state index contributed by atoms with van der Waals surface area (Å²) in [5, 5.41) is 6.30. The number of nitrogens with zero attached hydrogens (tertiary/aromatic N) is 2. The topological polar surface area (TPSA) is 68.0 Å². The number of thiazole rings is 1. The van der Waals surface area contributed by atoms with Crippen molar-refractivity contribution in [1.29, 1.82) is 0 Å². The summed E-state index contributed by atoms with van der Waals surface area (Å²) in [4.78, 5) is 15.8. The molecule has 0 aliphatic rings. The molecule has 2 aromatic heterocycles. The van der Waals surface area contributed by atoms with Gasteiger partial charge in [-0.2, -0.15) is 0 Å². The van der Waals surface area contributed by atoms with Gasteiger partial charge in [0.2, 0.25) is 0 Å². The van der Waals surface area contributed by atoms with Gasteiger partial charge in [0.05, 0.1) is 10.2 Å². The minimum Gasteiger partial charge on any atom is -0.361 e. The number of anilines is 1. The molecule has 20 heavy (non-hydrogen) atoms. The molecule has 0 aliphatic carbocycles. The molecule has 0 unspecified atom stereocenters. The van der Waals surface area contributed by atoms with E-state index in [0.29, 0.717) is 10.5 Å². The first-order chi connectivity index (χ1) is 9.52. The smallest absolute Gasteiger partial charge is 0.279 e. The summed E-state index contributed by atoms with van der Waals surface area (Å²) >= 11 is 1.04. The van der Waals surface area contributed by atoms with Crippen LogP contribution in [0.15, 0.2) is 22.7 Å². The lowest BCUT2D eigenvalue weighted by molar-refractivity contribution is 0.101. The van der Waals surface area contributed by atoms with Crippen LogP contribution in [0.4, 0.5) is 13.9 Å². The van der Waals surface area contributed by atoms with Gasteiger partial charge in [-0.25, -0.2) is 13.8 Å². The predicted octanol–water partition coefficient (Wildman–Crippen LogP) is 3.12. The quantitative estimate of drug-likeness (QED) is 0.788. The highest BCUT2D eigenvalue weighted by Crippen LogP contribution is 2.28. The zero-order valence-electron chi connectivity index (χ0n) is 10.1. The van der Waals surface area contributed by atoms with Crippen molar-refractivity contribution >= 4 is 32.6 Å². The molecule has 1 N–H and O–H groups in total. The molecule has 0 saturated heterocycles. The van der Waals surface area contributed by atoms with E-state index in [4.69, 9.17) is 4.52 Å². The highest BCUT2D eigenvalue weighted by atomic mass is 32.1. The van der Waals surface area contributed by atoms with Crippen molar-refractivity contribution in [2.24, 2.45) is 0 Å². The Morgan fingerprint density at radius 1 is 1.30 bits per heavy atom. The Morgan fingerprint density at radius 2 is 2.05 bits per heavy atom. The fraction of sp³-hybridized carbons (Fsp3) is 0.0833. The molecule has 0 aliphatic heterocycles. The maximum atomic E-state index is 13.1. The van der Waals surface area contributed by atoms with Gasteiger partial charge in [-0.1, -0.05) is 16.5 Å². The van der Waals surface area contributed by atoms with Crippen LogP contribution >= 0.6 is 11.3 Å². The van der Waals surface area contributed by atoms with Crippen LogP contribution in [0.1, 0.15) is 16.2 Å². The van der Waals surface area contributed by atoms with Crippen molar-refractivity contribution in [3.8, 4) is 0 Å². The van der Waals surface area contributed by atoms with Gasteiger partial charge in [-0.15, -0.1) is 0 Å². The van der Waals surface area contributed by atoms with E-state index in [-0.39, 0.29) is 16.3 Å². The number of hydrogen-bond donors (Lipinski definition) is 1. The monoisotopic (exact) mass is 295 g/mol. The van der Waals surface area contributed by atoms with E-state index in [9.17, 15) is 13.6 Å². The summed E-state index contributed by atoms with van der Waals surface area (Å²) in [5.74, 6) is -1.93. The average molecular weight is 295 g/mol. The number of benzene rings is 1. The SMILES string of the molecule is Cc1cc(C(=O)Nc2nc3cc(F)c(F)cc3s2)no1. The molecule has 2 heterocycles.